The summed E-state index contributed by atoms with van der Waals surface area (Å²) in [5.74, 6) is 0.760. The molecule has 2 atom stereocenters. The quantitative estimate of drug-likeness (QED) is 0.330. The van der Waals surface area contributed by atoms with Gasteiger partial charge >= 0.3 is 6.55 Å². The van der Waals surface area contributed by atoms with Gasteiger partial charge in [-0.25, -0.2) is 24.0 Å². The lowest BCUT2D eigenvalue weighted by Gasteiger charge is -2.56. The summed E-state index contributed by atoms with van der Waals surface area (Å²) >= 11 is 0. The van der Waals surface area contributed by atoms with Crippen LogP contribution in [0.15, 0.2) is 61.2 Å². The molecule has 1 aromatic carbocycles. The van der Waals surface area contributed by atoms with Gasteiger partial charge in [0.15, 0.2) is 5.82 Å². The van der Waals surface area contributed by atoms with Gasteiger partial charge in [-0.3, -0.25) is 4.90 Å². The number of phenolic OH excluding ortho intramolecular Hbond substituents is 1. The van der Waals surface area contributed by atoms with Gasteiger partial charge in [0, 0.05) is 66.8 Å². The number of piperidine rings is 1. The van der Waals surface area contributed by atoms with Crippen LogP contribution in [0, 0.1) is 5.82 Å². The molecule has 3 aliphatic heterocycles. The first-order chi connectivity index (χ1) is 19.3. The van der Waals surface area contributed by atoms with Crippen LogP contribution in [-0.2, 0) is 6.54 Å². The van der Waals surface area contributed by atoms with Crippen molar-refractivity contribution >= 4 is 16.9 Å². The van der Waals surface area contributed by atoms with E-state index in [2.05, 4.69) is 29.9 Å². The molecule has 2 bridgehead atoms. The molecule has 7 heterocycles. The summed E-state index contributed by atoms with van der Waals surface area (Å²) in [5.41, 5.74) is 2.56. The maximum atomic E-state index is 13.7. The number of pyridine rings is 1. The highest BCUT2D eigenvalue weighted by atomic mass is 19.3. The number of aromatic amines is 1. The fourth-order valence-electron chi connectivity index (χ4n) is 5.51. The first-order valence-corrected chi connectivity index (χ1v) is 12.5. The van der Waals surface area contributed by atoms with Gasteiger partial charge in [-0.2, -0.15) is 13.9 Å². The minimum atomic E-state index is -2.78. The summed E-state index contributed by atoms with van der Waals surface area (Å²) in [4.78, 5) is 21.1. The zero-order chi connectivity index (χ0) is 27.5. The Kier molecular flexibility index (Phi) is 5.25. The third-order valence-electron chi connectivity index (χ3n) is 7.50. The molecule has 0 amide bonds. The number of alkyl halides is 2. The minimum absolute atomic E-state index is 0.102. The average Bonchev–Trinajstić information content (AvgIpc) is 3.60. The van der Waals surface area contributed by atoms with Gasteiger partial charge < -0.3 is 15.0 Å². The molecule has 39 heavy (non-hydrogen) atoms. The summed E-state index contributed by atoms with van der Waals surface area (Å²) in [6.07, 6.45) is 5.37. The van der Waals surface area contributed by atoms with Crippen LogP contribution in [0.3, 0.4) is 0 Å². The number of anilines is 1. The number of nitrogens with zero attached hydrogens (tertiary/aromatic N) is 7. The van der Waals surface area contributed by atoms with Gasteiger partial charge in [-0.15, -0.1) is 0 Å². The molecule has 5 aromatic rings. The van der Waals surface area contributed by atoms with Crippen molar-refractivity contribution in [2.24, 2.45) is 0 Å². The van der Waals surface area contributed by atoms with E-state index in [0.717, 1.165) is 25.3 Å². The topological polar surface area (TPSA) is 99.0 Å². The number of fused-ring (bicyclic) bond motifs is 3. The molecular formula is C27H23F3N8O. The fourth-order valence-corrected chi connectivity index (χ4v) is 5.51. The van der Waals surface area contributed by atoms with Crippen molar-refractivity contribution in [1.29, 1.82) is 0 Å². The van der Waals surface area contributed by atoms with E-state index < -0.39 is 6.55 Å². The predicted molar refractivity (Wildman–Crippen MR) is 138 cm³/mol. The molecule has 2 unspecified atom stereocenters. The second-order valence-corrected chi connectivity index (χ2v) is 9.86. The van der Waals surface area contributed by atoms with Gasteiger partial charge in [-0.05, 0) is 42.8 Å². The number of piperazine rings is 1. The van der Waals surface area contributed by atoms with E-state index in [1.165, 1.54) is 30.6 Å². The molecule has 0 radical (unpaired) electrons. The Hall–Kier alpha value is -4.45. The van der Waals surface area contributed by atoms with E-state index in [4.69, 9.17) is 6.35 Å². The maximum Gasteiger partial charge on any atom is 0.333 e. The van der Waals surface area contributed by atoms with Crippen LogP contribution in [0.1, 0.15) is 19.9 Å². The van der Waals surface area contributed by atoms with Crippen LogP contribution < -0.4 is 4.90 Å². The average molecular weight is 534 g/mol. The summed E-state index contributed by atoms with van der Waals surface area (Å²) in [6, 6.07) is 10.0. The number of aromatic nitrogens is 6. The Morgan fingerprint density at radius 1 is 1.08 bits per heavy atom. The molecule has 3 fully saturated rings. The van der Waals surface area contributed by atoms with Crippen LogP contribution in [0.4, 0.5) is 19.0 Å². The number of benzene rings is 1. The smallest absolute Gasteiger partial charge is 0.333 e. The molecule has 3 aliphatic rings. The monoisotopic (exact) mass is 533 g/mol. The highest BCUT2D eigenvalue weighted by Gasteiger charge is 2.44. The number of H-pyrrole nitrogens is 1. The van der Waals surface area contributed by atoms with Crippen LogP contribution in [-0.4, -0.2) is 64.9 Å². The number of rotatable bonds is 6. The van der Waals surface area contributed by atoms with Gasteiger partial charge in [0.1, 0.15) is 23.0 Å². The van der Waals surface area contributed by atoms with E-state index in [1.807, 2.05) is 12.1 Å². The van der Waals surface area contributed by atoms with Crippen LogP contribution in [0.25, 0.3) is 33.7 Å². The van der Waals surface area contributed by atoms with Crippen LogP contribution >= 0.6 is 0 Å². The molecule has 3 saturated heterocycles. The fraction of sp³-hybridized carbons (Fsp3) is 0.259. The molecule has 4 aromatic heterocycles. The van der Waals surface area contributed by atoms with Gasteiger partial charge in [0.25, 0.3) is 0 Å². The van der Waals surface area contributed by atoms with Crippen LogP contribution in [0.2, 0.25) is 0 Å². The minimum Gasteiger partial charge on any atom is -0.508 e. The Balaban J connectivity index is 1.12. The van der Waals surface area contributed by atoms with Crippen molar-refractivity contribution < 1.29 is 19.6 Å². The molecule has 8 rings (SSSR count). The van der Waals surface area contributed by atoms with Crippen molar-refractivity contribution in [1.82, 2.24) is 34.6 Å². The van der Waals surface area contributed by atoms with Gasteiger partial charge in [-0.1, -0.05) is 0 Å². The SMILES string of the molecule is [2H]c1cc2c(-c3ccc(N4CC5CC(C4)N5Cc4cc(F)ccc4O)nc3)nc(-c3cnn(C(F)F)c3)nc2[nH]1. The van der Waals surface area contributed by atoms with Crippen molar-refractivity contribution in [3.63, 3.8) is 0 Å². The summed E-state index contributed by atoms with van der Waals surface area (Å²) < 4.78 is 48.3. The molecule has 0 spiro atoms. The molecular weight excluding hydrogens is 509 g/mol. The third kappa shape index (κ3) is 4.16. The van der Waals surface area contributed by atoms with E-state index >= 15 is 0 Å². The van der Waals surface area contributed by atoms with E-state index in [-0.39, 0.29) is 35.6 Å². The zero-order valence-corrected chi connectivity index (χ0v) is 20.5. The number of hydrogen-bond acceptors (Lipinski definition) is 7. The van der Waals surface area contributed by atoms with Crippen molar-refractivity contribution in [3.8, 4) is 28.4 Å². The van der Waals surface area contributed by atoms with Crippen LogP contribution in [0.5, 0.6) is 5.75 Å². The second kappa shape index (κ2) is 9.09. The lowest BCUT2D eigenvalue weighted by atomic mass is 9.86. The lowest BCUT2D eigenvalue weighted by molar-refractivity contribution is -0.00921. The first kappa shape index (κ1) is 22.5. The van der Waals surface area contributed by atoms with Gasteiger partial charge in [0.05, 0.1) is 18.8 Å². The Morgan fingerprint density at radius 3 is 2.67 bits per heavy atom. The summed E-state index contributed by atoms with van der Waals surface area (Å²) in [7, 11) is 0. The molecule has 9 nitrogen and oxygen atoms in total. The molecule has 0 saturated carbocycles. The second-order valence-electron chi connectivity index (χ2n) is 9.86. The zero-order valence-electron chi connectivity index (χ0n) is 21.5. The normalized spacial score (nSPS) is 19.5. The van der Waals surface area contributed by atoms with E-state index in [0.29, 0.717) is 44.6 Å². The maximum absolute atomic E-state index is 13.7. The van der Waals surface area contributed by atoms with Crippen molar-refractivity contribution in [3.05, 3.63) is 72.5 Å². The van der Waals surface area contributed by atoms with E-state index in [9.17, 15) is 18.3 Å². The molecule has 12 heteroatoms. The first-order valence-electron chi connectivity index (χ1n) is 13.0. The Bertz CT molecular complexity index is 1710. The van der Waals surface area contributed by atoms with Gasteiger partial charge in [0.2, 0.25) is 0 Å². The summed E-state index contributed by atoms with van der Waals surface area (Å²) in [5, 5.41) is 14.4. The largest absolute Gasteiger partial charge is 0.508 e. The number of nitrogens with one attached hydrogen (secondary N) is 1. The predicted octanol–water partition coefficient (Wildman–Crippen LogP) is 4.59. The number of aromatic hydroxyl groups is 1. The van der Waals surface area contributed by atoms with E-state index in [1.54, 1.807) is 12.3 Å². The number of phenols is 1. The Morgan fingerprint density at radius 2 is 1.92 bits per heavy atom. The highest BCUT2D eigenvalue weighted by Crippen LogP contribution is 2.37. The number of halogens is 3. The number of hydrogen-bond donors (Lipinski definition) is 2. The van der Waals surface area contributed by atoms with Crippen molar-refractivity contribution in [2.75, 3.05) is 18.0 Å². The molecule has 198 valence electrons. The van der Waals surface area contributed by atoms with Crippen molar-refractivity contribution in [2.45, 2.75) is 31.6 Å². The highest BCUT2D eigenvalue weighted by molar-refractivity contribution is 5.92. The summed E-state index contributed by atoms with van der Waals surface area (Å²) in [6.45, 7) is -0.764. The third-order valence-corrected chi connectivity index (χ3v) is 7.50. The standard InChI is InChI=1S/C27H23F3N8O/c28-18-2-3-22(39)16(7-18)11-37-19-8-20(37)14-36(13-19)23-4-1-15(9-32-23)24-21-5-6-31-26(21)35-25(34-24)17-10-33-38(12-17)27(29)30/h1-7,9-10,12,19-20,27,39H,8,11,13-14H2,(H,31,34,35)/i6D. The Labute approximate surface area is 222 Å². The molecule has 2 N–H and O–H groups in total. The molecule has 0 aliphatic carbocycles. The lowest BCUT2D eigenvalue weighted by Crippen LogP contribution is -2.68.